The van der Waals surface area contributed by atoms with Gasteiger partial charge in [0.1, 0.15) is 11.6 Å². The second kappa shape index (κ2) is 8.54. The lowest BCUT2D eigenvalue weighted by molar-refractivity contribution is -0.116. The van der Waals surface area contributed by atoms with Gasteiger partial charge in [-0.1, -0.05) is 23.9 Å². The molecule has 2 aromatic rings. The SMILES string of the molecule is C=CCn1c(SCC(=O)N2c3ccc(OCC)cc3C(C)=CC2(C)C)nnc1C1CC1. The number of ether oxygens (including phenoxy) is 1. The molecule has 1 aliphatic carbocycles. The highest BCUT2D eigenvalue weighted by Crippen LogP contribution is 2.42. The molecule has 1 aromatic carbocycles. The van der Waals surface area contributed by atoms with E-state index in [2.05, 4.69) is 48.2 Å². The first kappa shape index (κ1) is 21.7. The highest BCUT2D eigenvalue weighted by Gasteiger charge is 2.36. The molecule has 2 heterocycles. The number of carbonyl (C=O) groups excluding carboxylic acids is 1. The lowest BCUT2D eigenvalue weighted by atomic mass is 9.88. The van der Waals surface area contributed by atoms with Gasteiger partial charge in [-0.15, -0.1) is 16.8 Å². The zero-order valence-electron chi connectivity index (χ0n) is 18.7. The smallest absolute Gasteiger partial charge is 0.238 e. The van der Waals surface area contributed by atoms with Crippen LogP contribution in [0.25, 0.3) is 5.57 Å². The van der Waals surface area contributed by atoms with E-state index in [4.69, 9.17) is 4.74 Å². The average Bonchev–Trinajstić information content (AvgIpc) is 3.48. The van der Waals surface area contributed by atoms with Gasteiger partial charge in [0.25, 0.3) is 0 Å². The van der Waals surface area contributed by atoms with Crippen molar-refractivity contribution in [2.75, 3.05) is 17.3 Å². The van der Waals surface area contributed by atoms with Gasteiger partial charge < -0.3 is 14.2 Å². The maximum absolute atomic E-state index is 13.5. The Morgan fingerprint density at radius 3 is 2.81 bits per heavy atom. The van der Waals surface area contributed by atoms with Crippen molar-refractivity contribution in [3.05, 3.63) is 48.3 Å². The molecular weight excluding hydrogens is 408 g/mol. The maximum Gasteiger partial charge on any atom is 0.238 e. The third kappa shape index (κ3) is 4.28. The topological polar surface area (TPSA) is 60.2 Å². The normalized spacial score (nSPS) is 17.2. The zero-order chi connectivity index (χ0) is 22.2. The Balaban J connectivity index is 1.58. The van der Waals surface area contributed by atoms with Crippen LogP contribution in [0, 0.1) is 0 Å². The first-order chi connectivity index (χ1) is 14.9. The predicted octanol–water partition coefficient (Wildman–Crippen LogP) is 5.06. The van der Waals surface area contributed by atoms with Crippen molar-refractivity contribution in [2.24, 2.45) is 0 Å². The van der Waals surface area contributed by atoms with Gasteiger partial charge in [-0.25, -0.2) is 0 Å². The first-order valence-corrected chi connectivity index (χ1v) is 11.8. The summed E-state index contributed by atoms with van der Waals surface area (Å²) < 4.78 is 7.77. The average molecular weight is 439 g/mol. The second-order valence-electron chi connectivity index (χ2n) is 8.63. The Labute approximate surface area is 188 Å². The predicted molar refractivity (Wildman–Crippen MR) is 126 cm³/mol. The summed E-state index contributed by atoms with van der Waals surface area (Å²) in [4.78, 5) is 15.4. The number of amides is 1. The third-order valence-electron chi connectivity index (χ3n) is 5.66. The fourth-order valence-electron chi connectivity index (χ4n) is 4.26. The van der Waals surface area contributed by atoms with Crippen molar-refractivity contribution in [1.82, 2.24) is 14.8 Å². The van der Waals surface area contributed by atoms with Gasteiger partial charge in [-0.3, -0.25) is 4.79 Å². The molecule has 0 radical (unpaired) electrons. The van der Waals surface area contributed by atoms with Crippen molar-refractivity contribution in [3.8, 4) is 5.75 Å². The largest absolute Gasteiger partial charge is 0.494 e. The van der Waals surface area contributed by atoms with Crippen molar-refractivity contribution in [2.45, 2.75) is 63.7 Å². The number of rotatable bonds is 8. The minimum absolute atomic E-state index is 0.0466. The van der Waals surface area contributed by atoms with E-state index in [-0.39, 0.29) is 5.91 Å². The van der Waals surface area contributed by atoms with Gasteiger partial charge >= 0.3 is 0 Å². The number of nitrogens with zero attached hydrogens (tertiary/aromatic N) is 4. The lowest BCUT2D eigenvalue weighted by Crippen LogP contribution is -2.49. The van der Waals surface area contributed by atoms with Crippen LogP contribution in [-0.2, 0) is 11.3 Å². The Bertz CT molecular complexity index is 1040. The number of allylic oxidation sites excluding steroid dienone is 2. The maximum atomic E-state index is 13.5. The molecule has 1 aromatic heterocycles. The van der Waals surface area contributed by atoms with Crippen molar-refractivity contribution < 1.29 is 9.53 Å². The number of carbonyl (C=O) groups is 1. The number of anilines is 1. The van der Waals surface area contributed by atoms with Gasteiger partial charge in [0.15, 0.2) is 5.16 Å². The summed E-state index contributed by atoms with van der Waals surface area (Å²) in [5.41, 5.74) is 2.69. The van der Waals surface area contributed by atoms with E-state index in [1.54, 1.807) is 0 Å². The molecule has 1 aliphatic heterocycles. The van der Waals surface area contributed by atoms with Crippen LogP contribution in [0.1, 0.15) is 57.8 Å². The molecule has 0 bridgehead atoms. The minimum Gasteiger partial charge on any atom is -0.494 e. The van der Waals surface area contributed by atoms with Crippen molar-refractivity contribution in [3.63, 3.8) is 0 Å². The summed E-state index contributed by atoms with van der Waals surface area (Å²) in [6.45, 7) is 13.3. The Morgan fingerprint density at radius 2 is 2.13 bits per heavy atom. The number of aromatic nitrogens is 3. The van der Waals surface area contributed by atoms with Crippen molar-refractivity contribution in [1.29, 1.82) is 0 Å². The highest BCUT2D eigenvalue weighted by atomic mass is 32.2. The third-order valence-corrected chi connectivity index (χ3v) is 6.62. The van der Waals surface area contributed by atoms with Crippen molar-refractivity contribution >= 4 is 28.9 Å². The number of hydrogen-bond donors (Lipinski definition) is 0. The van der Waals surface area contributed by atoms with Gasteiger partial charge in [-0.2, -0.15) is 0 Å². The summed E-state index contributed by atoms with van der Waals surface area (Å²) in [5, 5.41) is 9.53. The van der Waals surface area contributed by atoms with Gasteiger partial charge in [-0.05, 0) is 64.3 Å². The van der Waals surface area contributed by atoms with Crippen LogP contribution < -0.4 is 9.64 Å². The Morgan fingerprint density at radius 1 is 1.35 bits per heavy atom. The van der Waals surface area contributed by atoms with E-state index < -0.39 is 5.54 Å². The summed E-state index contributed by atoms with van der Waals surface area (Å²) in [6.07, 6.45) is 6.33. The van der Waals surface area contributed by atoms with Crippen LogP contribution in [0.15, 0.2) is 42.1 Å². The molecule has 31 heavy (non-hydrogen) atoms. The Hall–Kier alpha value is -2.54. The number of thioether (sulfide) groups is 1. The second-order valence-corrected chi connectivity index (χ2v) is 9.57. The minimum atomic E-state index is -0.421. The van der Waals surface area contributed by atoms with Crippen LogP contribution in [0.2, 0.25) is 0 Å². The summed E-state index contributed by atoms with van der Waals surface area (Å²) in [6, 6.07) is 5.95. The van der Waals surface area contributed by atoms with E-state index in [0.29, 0.717) is 24.8 Å². The summed E-state index contributed by atoms with van der Waals surface area (Å²) in [7, 11) is 0. The Kier molecular flexibility index (Phi) is 5.97. The molecule has 4 rings (SSSR count). The van der Waals surface area contributed by atoms with Gasteiger partial charge in [0, 0.05) is 18.0 Å². The zero-order valence-corrected chi connectivity index (χ0v) is 19.5. The quantitative estimate of drug-likeness (QED) is 0.426. The molecule has 2 aliphatic rings. The number of hydrogen-bond acceptors (Lipinski definition) is 5. The van der Waals surface area contributed by atoms with Crippen LogP contribution in [0.4, 0.5) is 5.69 Å². The molecule has 0 atom stereocenters. The van der Waals surface area contributed by atoms with E-state index in [1.165, 1.54) is 11.8 Å². The van der Waals surface area contributed by atoms with Gasteiger partial charge in [0.2, 0.25) is 5.91 Å². The molecule has 6 nitrogen and oxygen atoms in total. The van der Waals surface area contributed by atoms with Crippen LogP contribution in [0.3, 0.4) is 0 Å². The molecule has 164 valence electrons. The van der Waals surface area contributed by atoms with Crippen LogP contribution in [0.5, 0.6) is 5.75 Å². The molecule has 1 amide bonds. The molecule has 1 fully saturated rings. The molecule has 0 N–H and O–H groups in total. The fourth-order valence-corrected chi connectivity index (χ4v) is 5.07. The molecule has 7 heteroatoms. The number of fused-ring (bicyclic) bond motifs is 1. The lowest BCUT2D eigenvalue weighted by Gasteiger charge is -2.41. The molecule has 1 saturated carbocycles. The fraction of sp³-hybridized carbons (Fsp3) is 0.458. The standard InChI is InChI=1S/C24H30N4O2S/c1-6-12-27-22(17-8-9-17)25-26-23(27)31-15-21(29)28-20-11-10-18(30-7-2)13-19(20)16(3)14-24(28,4)5/h6,10-11,13-14,17H,1,7-9,12,15H2,2-5H3. The molecular formula is C24H30N4O2S. The van der Waals surface area contributed by atoms with E-state index in [1.807, 2.05) is 36.1 Å². The van der Waals surface area contributed by atoms with E-state index >= 15 is 0 Å². The van der Waals surface area contributed by atoms with Crippen LogP contribution in [-0.4, -0.2) is 38.6 Å². The van der Waals surface area contributed by atoms with Crippen LogP contribution >= 0.6 is 11.8 Å². The van der Waals surface area contributed by atoms with E-state index in [9.17, 15) is 4.79 Å². The first-order valence-electron chi connectivity index (χ1n) is 10.8. The molecule has 0 spiro atoms. The number of benzene rings is 1. The molecule has 0 saturated heterocycles. The summed E-state index contributed by atoms with van der Waals surface area (Å²) >= 11 is 1.45. The highest BCUT2D eigenvalue weighted by molar-refractivity contribution is 7.99. The summed E-state index contributed by atoms with van der Waals surface area (Å²) in [5.74, 6) is 2.67. The monoisotopic (exact) mass is 438 g/mol. The van der Waals surface area contributed by atoms with E-state index in [0.717, 1.165) is 46.4 Å². The van der Waals surface area contributed by atoms with Gasteiger partial charge in [0.05, 0.1) is 23.6 Å². The molecule has 0 unspecified atom stereocenters.